The van der Waals surface area contributed by atoms with Gasteiger partial charge >= 0.3 is 0 Å². The van der Waals surface area contributed by atoms with E-state index < -0.39 is 0 Å². The highest BCUT2D eigenvalue weighted by atomic mass is 28.2. The Labute approximate surface area is 94.9 Å². The zero-order valence-electron chi connectivity index (χ0n) is 9.15. The molecule has 2 bridgehead atoms. The van der Waals surface area contributed by atoms with Crippen LogP contribution in [-0.4, -0.2) is 9.52 Å². The van der Waals surface area contributed by atoms with Gasteiger partial charge in [0.15, 0.2) is 0 Å². The summed E-state index contributed by atoms with van der Waals surface area (Å²) < 4.78 is 0. The molecule has 0 N–H and O–H groups in total. The smallest absolute Gasteiger partial charge is 0.0642 e. The summed E-state index contributed by atoms with van der Waals surface area (Å²) in [6.45, 7) is 0. The standard InChI is InChI=1S/C14H18Si/c1-2-4-14(5-3-1)15-10-13-9-11-6-7-12(13)8-11/h1-5,11-13H,6-10H2. The van der Waals surface area contributed by atoms with Crippen molar-refractivity contribution < 1.29 is 0 Å². The highest BCUT2D eigenvalue weighted by molar-refractivity contribution is 6.53. The maximum absolute atomic E-state index is 2.28. The third-order valence-electron chi connectivity index (χ3n) is 4.23. The van der Waals surface area contributed by atoms with Crippen molar-refractivity contribution in [1.82, 2.24) is 0 Å². The number of hydrogen-bond donors (Lipinski definition) is 0. The van der Waals surface area contributed by atoms with Gasteiger partial charge in [-0.1, -0.05) is 48.0 Å². The molecular formula is C14H18Si. The summed E-state index contributed by atoms with van der Waals surface area (Å²) in [6.07, 6.45) is 6.18. The Morgan fingerprint density at radius 1 is 1.07 bits per heavy atom. The van der Waals surface area contributed by atoms with Gasteiger partial charge in [0.05, 0.1) is 9.52 Å². The van der Waals surface area contributed by atoms with E-state index in [0.29, 0.717) is 0 Å². The molecule has 15 heavy (non-hydrogen) atoms. The van der Waals surface area contributed by atoms with Crippen LogP contribution in [-0.2, 0) is 0 Å². The van der Waals surface area contributed by atoms with Crippen LogP contribution in [0.3, 0.4) is 0 Å². The van der Waals surface area contributed by atoms with Crippen molar-refractivity contribution in [1.29, 1.82) is 0 Å². The Kier molecular flexibility index (Phi) is 2.66. The van der Waals surface area contributed by atoms with E-state index in [9.17, 15) is 0 Å². The molecule has 3 rings (SSSR count). The molecule has 0 saturated heterocycles. The molecule has 0 heterocycles. The van der Waals surface area contributed by atoms with Crippen molar-refractivity contribution in [2.45, 2.75) is 31.7 Å². The average molecular weight is 214 g/mol. The Bertz CT molecular complexity index is 319. The number of rotatable bonds is 3. The Morgan fingerprint density at radius 3 is 2.60 bits per heavy atom. The molecule has 0 aromatic heterocycles. The topological polar surface area (TPSA) is 0 Å². The minimum atomic E-state index is 1.05. The lowest BCUT2D eigenvalue weighted by Crippen LogP contribution is -2.19. The van der Waals surface area contributed by atoms with Crippen LogP contribution in [0.15, 0.2) is 30.3 Å². The van der Waals surface area contributed by atoms with Crippen LogP contribution >= 0.6 is 0 Å². The van der Waals surface area contributed by atoms with E-state index in [-0.39, 0.29) is 0 Å². The molecule has 3 atom stereocenters. The summed E-state index contributed by atoms with van der Waals surface area (Å²) in [5.41, 5.74) is 0. The van der Waals surface area contributed by atoms with E-state index in [0.717, 1.165) is 27.3 Å². The van der Waals surface area contributed by atoms with Gasteiger partial charge in [-0.25, -0.2) is 0 Å². The summed E-state index contributed by atoms with van der Waals surface area (Å²) >= 11 is 0. The molecule has 1 heteroatoms. The minimum Gasteiger partial charge on any atom is -0.0642 e. The van der Waals surface area contributed by atoms with E-state index in [1.807, 2.05) is 0 Å². The van der Waals surface area contributed by atoms with Crippen molar-refractivity contribution in [3.63, 3.8) is 0 Å². The number of fused-ring (bicyclic) bond motifs is 2. The van der Waals surface area contributed by atoms with Gasteiger partial charge in [-0.05, 0) is 37.0 Å². The zero-order chi connectivity index (χ0) is 10.1. The summed E-state index contributed by atoms with van der Waals surface area (Å²) in [5, 5.41) is 1.56. The molecule has 0 spiro atoms. The van der Waals surface area contributed by atoms with E-state index in [1.54, 1.807) is 18.0 Å². The molecule has 2 aliphatic rings. The van der Waals surface area contributed by atoms with Gasteiger partial charge in [-0.15, -0.1) is 0 Å². The van der Waals surface area contributed by atoms with Crippen LogP contribution in [0.25, 0.3) is 0 Å². The first-order valence-electron chi connectivity index (χ1n) is 6.21. The lowest BCUT2D eigenvalue weighted by atomic mass is 9.90. The largest absolute Gasteiger partial charge is 0.0810 e. The second kappa shape index (κ2) is 4.13. The van der Waals surface area contributed by atoms with Gasteiger partial charge < -0.3 is 0 Å². The molecular weight excluding hydrogens is 196 g/mol. The second-order valence-corrected chi connectivity index (χ2v) is 6.52. The quantitative estimate of drug-likeness (QED) is 0.679. The van der Waals surface area contributed by atoms with Crippen LogP contribution in [0.5, 0.6) is 0 Å². The fraction of sp³-hybridized carbons (Fsp3) is 0.571. The molecule has 0 aliphatic heterocycles. The zero-order valence-corrected chi connectivity index (χ0v) is 10.2. The predicted molar refractivity (Wildman–Crippen MR) is 65.6 cm³/mol. The SMILES string of the molecule is c1ccc([Si]CC2CC3CCC2C3)cc1. The van der Waals surface area contributed by atoms with Crippen molar-refractivity contribution in [2.24, 2.45) is 17.8 Å². The normalized spacial score (nSPS) is 33.5. The lowest BCUT2D eigenvalue weighted by Gasteiger charge is -2.20. The van der Waals surface area contributed by atoms with Gasteiger partial charge in [-0.2, -0.15) is 0 Å². The summed E-state index contributed by atoms with van der Waals surface area (Å²) in [5.74, 6) is 3.29. The first-order chi connectivity index (χ1) is 7.42. The molecule has 2 saturated carbocycles. The van der Waals surface area contributed by atoms with Crippen LogP contribution in [0, 0.1) is 17.8 Å². The van der Waals surface area contributed by atoms with E-state index in [4.69, 9.17) is 0 Å². The monoisotopic (exact) mass is 214 g/mol. The first-order valence-corrected chi connectivity index (χ1v) is 7.41. The van der Waals surface area contributed by atoms with Crippen molar-refractivity contribution in [2.75, 3.05) is 0 Å². The van der Waals surface area contributed by atoms with E-state index in [1.165, 1.54) is 18.9 Å². The third-order valence-corrected chi connectivity index (χ3v) is 5.70. The molecule has 2 aliphatic carbocycles. The minimum absolute atomic E-state index is 1.05. The molecule has 0 nitrogen and oxygen atoms in total. The van der Waals surface area contributed by atoms with Gasteiger partial charge in [0, 0.05) is 0 Å². The fourth-order valence-electron chi connectivity index (χ4n) is 3.43. The maximum Gasteiger partial charge on any atom is 0.0810 e. The molecule has 2 fully saturated rings. The highest BCUT2D eigenvalue weighted by Gasteiger charge is 2.38. The molecule has 1 aromatic carbocycles. The summed E-state index contributed by atoms with van der Waals surface area (Å²) in [4.78, 5) is 0. The third kappa shape index (κ3) is 2.03. The van der Waals surface area contributed by atoms with Crippen LogP contribution in [0.4, 0.5) is 0 Å². The Morgan fingerprint density at radius 2 is 1.93 bits per heavy atom. The van der Waals surface area contributed by atoms with Crippen LogP contribution in [0.1, 0.15) is 25.7 Å². The molecule has 1 aromatic rings. The molecule has 2 radical (unpaired) electrons. The Hall–Kier alpha value is -0.563. The van der Waals surface area contributed by atoms with Gasteiger partial charge in [0.25, 0.3) is 0 Å². The van der Waals surface area contributed by atoms with E-state index >= 15 is 0 Å². The molecule has 0 amide bonds. The summed E-state index contributed by atoms with van der Waals surface area (Å²) in [7, 11) is 1.05. The highest BCUT2D eigenvalue weighted by Crippen LogP contribution is 2.49. The maximum atomic E-state index is 2.28. The van der Waals surface area contributed by atoms with Crippen LogP contribution in [0.2, 0.25) is 6.04 Å². The van der Waals surface area contributed by atoms with Gasteiger partial charge in [0.1, 0.15) is 0 Å². The van der Waals surface area contributed by atoms with E-state index in [2.05, 4.69) is 30.3 Å². The number of hydrogen-bond acceptors (Lipinski definition) is 0. The average Bonchev–Trinajstić information content (AvgIpc) is 2.89. The van der Waals surface area contributed by atoms with Gasteiger partial charge in [-0.3, -0.25) is 0 Å². The Balaban J connectivity index is 1.55. The molecule has 3 unspecified atom stereocenters. The summed E-state index contributed by atoms with van der Waals surface area (Å²) in [6, 6.07) is 12.5. The van der Waals surface area contributed by atoms with Crippen molar-refractivity contribution >= 4 is 14.7 Å². The molecule has 78 valence electrons. The second-order valence-electron chi connectivity index (χ2n) is 5.18. The predicted octanol–water partition coefficient (Wildman–Crippen LogP) is 2.87. The number of benzene rings is 1. The van der Waals surface area contributed by atoms with Gasteiger partial charge in [0.2, 0.25) is 0 Å². The lowest BCUT2D eigenvalue weighted by molar-refractivity contribution is 0.359. The first kappa shape index (κ1) is 9.65. The van der Waals surface area contributed by atoms with Crippen molar-refractivity contribution in [3.8, 4) is 0 Å². The van der Waals surface area contributed by atoms with Crippen LogP contribution < -0.4 is 5.19 Å². The fourth-order valence-corrected chi connectivity index (χ4v) is 4.86. The van der Waals surface area contributed by atoms with Crippen molar-refractivity contribution in [3.05, 3.63) is 30.3 Å².